The third kappa shape index (κ3) is 3.95. The number of halogens is 1. The van der Waals surface area contributed by atoms with Crippen LogP contribution in [-0.4, -0.2) is 34.8 Å². The van der Waals surface area contributed by atoms with E-state index in [9.17, 15) is 19.1 Å². The summed E-state index contributed by atoms with van der Waals surface area (Å²) in [6.45, 7) is 6.57. The first-order valence-corrected chi connectivity index (χ1v) is 10.2. The number of ketones is 1. The summed E-state index contributed by atoms with van der Waals surface area (Å²) in [4.78, 5) is 26.8. The van der Waals surface area contributed by atoms with E-state index in [1.807, 2.05) is 20.8 Å². The van der Waals surface area contributed by atoms with Gasteiger partial charge in [0.25, 0.3) is 11.7 Å². The number of aryl methyl sites for hydroxylation is 1. The first kappa shape index (κ1) is 21.6. The summed E-state index contributed by atoms with van der Waals surface area (Å²) in [6.07, 6.45) is 1.46. The molecule has 1 heterocycles. The molecule has 1 saturated heterocycles. The number of Topliss-reactive ketones (excluding diaryl/α,β-unsaturated/α-hetero) is 1. The van der Waals surface area contributed by atoms with Crippen LogP contribution in [0.25, 0.3) is 5.76 Å². The van der Waals surface area contributed by atoms with Gasteiger partial charge in [-0.3, -0.25) is 9.59 Å². The summed E-state index contributed by atoms with van der Waals surface area (Å²) in [5.74, 6) is -1.70. The van der Waals surface area contributed by atoms with Crippen molar-refractivity contribution in [2.75, 3.05) is 13.2 Å². The van der Waals surface area contributed by atoms with Gasteiger partial charge in [0, 0.05) is 17.7 Å². The van der Waals surface area contributed by atoms with E-state index in [0.29, 0.717) is 24.3 Å². The van der Waals surface area contributed by atoms with E-state index in [1.165, 1.54) is 17.0 Å². The number of hydrogen-bond donors (Lipinski definition) is 1. The number of benzene rings is 2. The summed E-state index contributed by atoms with van der Waals surface area (Å²) in [5.41, 5.74) is 1.26. The predicted octanol–water partition coefficient (Wildman–Crippen LogP) is 4.75. The standard InChI is InChI=1S/C24H26FNO4/c1-4-12-26-21(17-8-6-7-9-18(17)25)20(23(28)24(26)29)22(27)16-10-11-19(15(3)14-16)30-13-5-2/h6-11,14,21,27H,4-5,12-13H2,1-3H3/b22-20+. The molecule has 1 amide bonds. The Labute approximate surface area is 175 Å². The number of nitrogens with zero attached hydrogens (tertiary/aromatic N) is 1. The number of rotatable bonds is 7. The predicted molar refractivity (Wildman–Crippen MR) is 113 cm³/mol. The molecule has 30 heavy (non-hydrogen) atoms. The first-order chi connectivity index (χ1) is 14.4. The molecule has 1 N–H and O–H groups in total. The Bertz CT molecular complexity index is 998. The summed E-state index contributed by atoms with van der Waals surface area (Å²) < 4.78 is 20.3. The highest BCUT2D eigenvalue weighted by Gasteiger charge is 2.46. The van der Waals surface area contributed by atoms with Gasteiger partial charge in [0.15, 0.2) is 0 Å². The lowest BCUT2D eigenvalue weighted by Crippen LogP contribution is -2.30. The highest BCUT2D eigenvalue weighted by atomic mass is 19.1. The van der Waals surface area contributed by atoms with Crippen LogP contribution in [0.3, 0.4) is 0 Å². The Morgan fingerprint density at radius 2 is 1.87 bits per heavy atom. The zero-order chi connectivity index (χ0) is 21.8. The van der Waals surface area contributed by atoms with Crippen LogP contribution < -0.4 is 4.74 Å². The molecular formula is C24H26FNO4. The third-order valence-electron chi connectivity index (χ3n) is 5.11. The lowest BCUT2D eigenvalue weighted by atomic mass is 9.94. The van der Waals surface area contributed by atoms with Crippen molar-refractivity contribution in [2.45, 2.75) is 39.7 Å². The molecule has 1 fully saturated rings. The van der Waals surface area contributed by atoms with E-state index in [-0.39, 0.29) is 23.4 Å². The zero-order valence-corrected chi connectivity index (χ0v) is 17.4. The van der Waals surface area contributed by atoms with Gasteiger partial charge in [0.05, 0.1) is 18.2 Å². The lowest BCUT2D eigenvalue weighted by molar-refractivity contribution is -0.139. The second-order valence-electron chi connectivity index (χ2n) is 7.34. The fraction of sp³-hybridized carbons (Fsp3) is 0.333. The Kier molecular flexibility index (Phi) is 6.55. The van der Waals surface area contributed by atoms with Gasteiger partial charge in [-0.1, -0.05) is 32.0 Å². The largest absolute Gasteiger partial charge is 0.507 e. The molecule has 6 heteroatoms. The van der Waals surface area contributed by atoms with Gasteiger partial charge in [-0.05, 0) is 49.6 Å². The van der Waals surface area contributed by atoms with Gasteiger partial charge < -0.3 is 14.7 Å². The van der Waals surface area contributed by atoms with Gasteiger partial charge >= 0.3 is 0 Å². The summed E-state index contributed by atoms with van der Waals surface area (Å²) in [7, 11) is 0. The van der Waals surface area contributed by atoms with Crippen LogP contribution in [0.2, 0.25) is 0 Å². The fourth-order valence-corrected chi connectivity index (χ4v) is 3.70. The van der Waals surface area contributed by atoms with Gasteiger partial charge in [-0.15, -0.1) is 0 Å². The van der Waals surface area contributed by atoms with Crippen molar-refractivity contribution in [3.8, 4) is 5.75 Å². The Morgan fingerprint density at radius 3 is 2.50 bits per heavy atom. The summed E-state index contributed by atoms with van der Waals surface area (Å²) in [6, 6.07) is 10.1. The maximum atomic E-state index is 14.6. The maximum absolute atomic E-state index is 14.6. The molecule has 0 saturated carbocycles. The smallest absolute Gasteiger partial charge is 0.295 e. The lowest BCUT2D eigenvalue weighted by Gasteiger charge is -2.25. The van der Waals surface area contributed by atoms with Crippen molar-refractivity contribution < 1.29 is 23.8 Å². The molecule has 0 spiro atoms. The van der Waals surface area contributed by atoms with E-state index in [1.54, 1.807) is 30.3 Å². The Balaban J connectivity index is 2.13. The van der Waals surface area contributed by atoms with E-state index in [2.05, 4.69) is 0 Å². The highest BCUT2D eigenvalue weighted by molar-refractivity contribution is 6.46. The minimum Gasteiger partial charge on any atom is -0.507 e. The topological polar surface area (TPSA) is 66.8 Å². The van der Waals surface area contributed by atoms with Crippen LogP contribution in [-0.2, 0) is 9.59 Å². The molecule has 0 radical (unpaired) electrons. The van der Waals surface area contributed by atoms with E-state index < -0.39 is 23.5 Å². The number of amides is 1. The number of carbonyl (C=O) groups excluding carboxylic acids is 2. The number of carbonyl (C=O) groups is 2. The molecule has 1 unspecified atom stereocenters. The third-order valence-corrected chi connectivity index (χ3v) is 5.11. The molecule has 1 aliphatic rings. The highest BCUT2D eigenvalue weighted by Crippen LogP contribution is 2.40. The molecule has 0 bridgehead atoms. The number of ether oxygens (including phenoxy) is 1. The van der Waals surface area contributed by atoms with Crippen LogP contribution in [0.15, 0.2) is 48.0 Å². The van der Waals surface area contributed by atoms with Crippen molar-refractivity contribution in [1.29, 1.82) is 0 Å². The SMILES string of the molecule is CCCOc1ccc(/C(O)=C2\C(=O)C(=O)N(CCC)C2c2ccccc2F)cc1C. The molecule has 158 valence electrons. The van der Waals surface area contributed by atoms with Gasteiger partial charge in [0.1, 0.15) is 17.3 Å². The number of aliphatic hydroxyl groups excluding tert-OH is 1. The fourth-order valence-electron chi connectivity index (χ4n) is 3.70. The second kappa shape index (κ2) is 9.11. The zero-order valence-electron chi connectivity index (χ0n) is 17.4. The van der Waals surface area contributed by atoms with Crippen LogP contribution in [0.1, 0.15) is 49.4 Å². The number of likely N-dealkylation sites (tertiary alicyclic amines) is 1. The van der Waals surface area contributed by atoms with E-state index >= 15 is 0 Å². The molecular weight excluding hydrogens is 385 g/mol. The minimum absolute atomic E-state index is 0.0971. The first-order valence-electron chi connectivity index (χ1n) is 10.2. The molecule has 5 nitrogen and oxygen atoms in total. The molecule has 0 aromatic heterocycles. The maximum Gasteiger partial charge on any atom is 0.295 e. The quantitative estimate of drug-likeness (QED) is 0.405. The minimum atomic E-state index is -0.970. The van der Waals surface area contributed by atoms with Gasteiger partial charge in [-0.2, -0.15) is 0 Å². The van der Waals surface area contributed by atoms with Crippen molar-refractivity contribution in [3.63, 3.8) is 0 Å². The molecule has 0 aliphatic carbocycles. The van der Waals surface area contributed by atoms with Crippen molar-refractivity contribution in [2.24, 2.45) is 0 Å². The average Bonchev–Trinajstić information content (AvgIpc) is 2.98. The normalized spacial score (nSPS) is 18.1. The van der Waals surface area contributed by atoms with Crippen LogP contribution >= 0.6 is 0 Å². The second-order valence-corrected chi connectivity index (χ2v) is 7.34. The average molecular weight is 411 g/mol. The number of hydrogen-bond acceptors (Lipinski definition) is 4. The molecule has 3 rings (SSSR count). The molecule has 1 aliphatic heterocycles. The molecule has 2 aromatic rings. The Hall–Kier alpha value is -3.15. The Morgan fingerprint density at radius 1 is 1.13 bits per heavy atom. The van der Waals surface area contributed by atoms with Crippen LogP contribution in [0.4, 0.5) is 4.39 Å². The van der Waals surface area contributed by atoms with Gasteiger partial charge in [0.2, 0.25) is 0 Å². The number of aliphatic hydroxyl groups is 1. The van der Waals surface area contributed by atoms with Crippen LogP contribution in [0, 0.1) is 12.7 Å². The van der Waals surface area contributed by atoms with E-state index in [4.69, 9.17) is 4.74 Å². The monoisotopic (exact) mass is 411 g/mol. The van der Waals surface area contributed by atoms with Crippen molar-refractivity contribution in [1.82, 2.24) is 4.90 Å². The summed E-state index contributed by atoms with van der Waals surface area (Å²) in [5, 5.41) is 11.0. The van der Waals surface area contributed by atoms with Gasteiger partial charge in [-0.25, -0.2) is 4.39 Å². The van der Waals surface area contributed by atoms with Crippen molar-refractivity contribution >= 4 is 17.4 Å². The van der Waals surface area contributed by atoms with E-state index in [0.717, 1.165) is 12.0 Å². The summed E-state index contributed by atoms with van der Waals surface area (Å²) >= 11 is 0. The molecule has 1 atom stereocenters. The van der Waals surface area contributed by atoms with Crippen LogP contribution in [0.5, 0.6) is 5.75 Å². The van der Waals surface area contributed by atoms with Crippen molar-refractivity contribution in [3.05, 3.63) is 70.5 Å². The molecule has 2 aromatic carbocycles.